The molecule has 0 saturated carbocycles. The summed E-state index contributed by atoms with van der Waals surface area (Å²) in [6.45, 7) is -0.293. The molecule has 0 aliphatic heterocycles. The highest BCUT2D eigenvalue weighted by atomic mass is 32.1. The van der Waals surface area contributed by atoms with Crippen molar-refractivity contribution in [3.63, 3.8) is 0 Å². The van der Waals surface area contributed by atoms with Gasteiger partial charge in [0.1, 0.15) is 18.1 Å². The first kappa shape index (κ1) is 26.5. The maximum atomic E-state index is 12.3. The summed E-state index contributed by atoms with van der Waals surface area (Å²) >= 11 is 7.81. The van der Waals surface area contributed by atoms with Gasteiger partial charge in [-0.3, -0.25) is 14.4 Å². The smallest absolute Gasteiger partial charge is 0.327 e. The van der Waals surface area contributed by atoms with Crippen molar-refractivity contribution in [3.05, 3.63) is 0 Å². The molecule has 0 aromatic rings. The summed E-state index contributed by atoms with van der Waals surface area (Å²) in [5, 5.41) is 25.1. The lowest BCUT2D eigenvalue weighted by atomic mass is 10.1. The lowest BCUT2D eigenvalue weighted by Crippen LogP contribution is -2.58. The topological polar surface area (TPSA) is 197 Å². The van der Waals surface area contributed by atoms with E-state index in [1.54, 1.807) is 0 Å². The molecule has 0 aliphatic carbocycles. The van der Waals surface area contributed by atoms with Crippen LogP contribution in [0.4, 0.5) is 0 Å². The van der Waals surface area contributed by atoms with Gasteiger partial charge in [0.25, 0.3) is 0 Å². The van der Waals surface area contributed by atoms with E-state index in [9.17, 15) is 24.3 Å². The standard InChI is InChI=1S/C15H29N5O6S2/c16-4-2-1-3-8(17)12(22)19-10(6-27)14(24)18-9(5-21)13(23)20-11(7-28)15(25)26/h8-11,21,27-28H,1-7,16-17H2,(H,18,24)(H,19,22)(H,20,23)(H,25,26). The van der Waals surface area contributed by atoms with Crippen molar-refractivity contribution < 1.29 is 29.4 Å². The number of aliphatic carboxylic acids is 1. The van der Waals surface area contributed by atoms with Crippen LogP contribution in [0.1, 0.15) is 19.3 Å². The predicted molar refractivity (Wildman–Crippen MR) is 109 cm³/mol. The van der Waals surface area contributed by atoms with Crippen LogP contribution in [-0.4, -0.2) is 82.7 Å². The second-order valence-corrected chi connectivity index (χ2v) is 6.69. The largest absolute Gasteiger partial charge is 0.480 e. The highest BCUT2D eigenvalue weighted by molar-refractivity contribution is 7.80. The molecule has 3 amide bonds. The van der Waals surface area contributed by atoms with Gasteiger partial charge in [0.2, 0.25) is 17.7 Å². The molecule has 0 spiro atoms. The van der Waals surface area contributed by atoms with Gasteiger partial charge in [-0.2, -0.15) is 25.3 Å². The minimum absolute atomic E-state index is 0.0821. The number of hydrogen-bond donors (Lipinski definition) is 9. The van der Waals surface area contributed by atoms with Crippen molar-refractivity contribution >= 4 is 48.9 Å². The van der Waals surface area contributed by atoms with E-state index in [2.05, 4.69) is 41.2 Å². The van der Waals surface area contributed by atoms with Gasteiger partial charge in [-0.15, -0.1) is 0 Å². The fourth-order valence-electron chi connectivity index (χ4n) is 2.04. The van der Waals surface area contributed by atoms with Crippen LogP contribution in [0.2, 0.25) is 0 Å². The lowest BCUT2D eigenvalue weighted by molar-refractivity contribution is -0.141. The van der Waals surface area contributed by atoms with Crippen molar-refractivity contribution in [1.82, 2.24) is 16.0 Å². The Morgan fingerprint density at radius 2 is 1.36 bits per heavy atom. The van der Waals surface area contributed by atoms with Crippen LogP contribution in [0.3, 0.4) is 0 Å². The number of carboxylic acids is 1. The van der Waals surface area contributed by atoms with Crippen molar-refractivity contribution in [2.75, 3.05) is 24.7 Å². The number of rotatable bonds is 14. The minimum atomic E-state index is -1.41. The van der Waals surface area contributed by atoms with E-state index in [0.29, 0.717) is 25.8 Å². The predicted octanol–water partition coefficient (Wildman–Crippen LogP) is -3.17. The third-order valence-corrected chi connectivity index (χ3v) is 4.46. The van der Waals surface area contributed by atoms with E-state index in [1.807, 2.05) is 0 Å². The molecule has 0 aliphatic rings. The zero-order chi connectivity index (χ0) is 21.7. The molecule has 162 valence electrons. The summed E-state index contributed by atoms with van der Waals surface area (Å²) in [6, 6.07) is -4.62. The monoisotopic (exact) mass is 439 g/mol. The molecule has 9 N–H and O–H groups in total. The molecule has 0 bridgehead atoms. The Labute approximate surface area is 174 Å². The summed E-state index contributed by atoms with van der Waals surface area (Å²) in [4.78, 5) is 47.4. The lowest BCUT2D eigenvalue weighted by Gasteiger charge is -2.23. The molecule has 0 aromatic carbocycles. The summed E-state index contributed by atoms with van der Waals surface area (Å²) in [5.41, 5.74) is 11.1. The molecule has 0 radical (unpaired) electrons. The fourth-order valence-corrected chi connectivity index (χ4v) is 2.54. The highest BCUT2D eigenvalue weighted by Gasteiger charge is 2.29. The number of nitrogens with one attached hydrogen (secondary N) is 3. The Kier molecular flexibility index (Phi) is 13.7. The summed E-state index contributed by atoms with van der Waals surface area (Å²) in [7, 11) is 0. The van der Waals surface area contributed by atoms with Crippen molar-refractivity contribution in [2.45, 2.75) is 43.4 Å². The van der Waals surface area contributed by atoms with Crippen molar-refractivity contribution in [2.24, 2.45) is 11.5 Å². The van der Waals surface area contributed by atoms with Gasteiger partial charge in [-0.05, 0) is 19.4 Å². The van der Waals surface area contributed by atoms with Crippen LogP contribution in [0, 0.1) is 0 Å². The molecule has 13 heteroatoms. The number of nitrogens with two attached hydrogens (primary N) is 2. The third-order valence-electron chi connectivity index (χ3n) is 3.73. The van der Waals surface area contributed by atoms with Gasteiger partial charge < -0.3 is 37.6 Å². The van der Waals surface area contributed by atoms with E-state index >= 15 is 0 Å². The molecule has 28 heavy (non-hydrogen) atoms. The maximum Gasteiger partial charge on any atom is 0.327 e. The third kappa shape index (κ3) is 9.59. The molecular formula is C15H29N5O6S2. The van der Waals surface area contributed by atoms with Crippen LogP contribution < -0.4 is 27.4 Å². The molecule has 0 saturated heterocycles. The summed E-state index contributed by atoms with van der Waals surface area (Å²) in [5.74, 6) is -3.80. The Bertz CT molecular complexity index is 539. The number of aliphatic hydroxyl groups is 1. The number of carboxylic acid groups (broad SMARTS) is 1. The Balaban J connectivity index is 4.80. The number of unbranched alkanes of at least 4 members (excludes halogenated alkanes) is 1. The number of thiol groups is 2. The van der Waals surface area contributed by atoms with Gasteiger partial charge in [-0.25, -0.2) is 4.79 Å². The van der Waals surface area contributed by atoms with Gasteiger partial charge in [0, 0.05) is 11.5 Å². The van der Waals surface area contributed by atoms with Crippen LogP contribution >= 0.6 is 25.3 Å². The first-order chi connectivity index (χ1) is 13.2. The molecule has 0 rings (SSSR count). The van der Waals surface area contributed by atoms with Crippen LogP contribution in [0.5, 0.6) is 0 Å². The quantitative estimate of drug-likeness (QED) is 0.0997. The summed E-state index contributed by atoms with van der Waals surface area (Å²) in [6.07, 6.45) is 1.77. The second-order valence-electron chi connectivity index (χ2n) is 5.96. The van der Waals surface area contributed by atoms with E-state index in [4.69, 9.17) is 16.6 Å². The SMILES string of the molecule is NCCCCC(N)C(=O)NC(CS)C(=O)NC(CO)C(=O)NC(CS)C(=O)O. The Hall–Kier alpha value is -1.54. The Morgan fingerprint density at radius 1 is 0.857 bits per heavy atom. The number of carbonyl (C=O) groups is 4. The number of aliphatic hydroxyl groups excluding tert-OH is 1. The van der Waals surface area contributed by atoms with Gasteiger partial charge >= 0.3 is 5.97 Å². The van der Waals surface area contributed by atoms with E-state index in [0.717, 1.165) is 0 Å². The van der Waals surface area contributed by atoms with E-state index < -0.39 is 54.5 Å². The second kappa shape index (κ2) is 14.5. The first-order valence-electron chi connectivity index (χ1n) is 8.63. The Morgan fingerprint density at radius 3 is 1.82 bits per heavy atom. The molecule has 4 unspecified atom stereocenters. The van der Waals surface area contributed by atoms with Crippen LogP contribution in [0.15, 0.2) is 0 Å². The number of carbonyl (C=O) groups excluding carboxylic acids is 3. The van der Waals surface area contributed by atoms with Gasteiger partial charge in [0.15, 0.2) is 0 Å². The number of hydrogen-bond acceptors (Lipinski definition) is 9. The minimum Gasteiger partial charge on any atom is -0.480 e. The highest BCUT2D eigenvalue weighted by Crippen LogP contribution is 2.00. The molecule has 0 aromatic heterocycles. The van der Waals surface area contributed by atoms with Crippen molar-refractivity contribution in [1.29, 1.82) is 0 Å². The van der Waals surface area contributed by atoms with Crippen molar-refractivity contribution in [3.8, 4) is 0 Å². The zero-order valence-electron chi connectivity index (χ0n) is 15.3. The number of amides is 3. The van der Waals surface area contributed by atoms with E-state index in [1.165, 1.54) is 0 Å². The average molecular weight is 440 g/mol. The molecular weight excluding hydrogens is 410 g/mol. The molecule has 0 heterocycles. The zero-order valence-corrected chi connectivity index (χ0v) is 17.1. The van der Waals surface area contributed by atoms with Crippen LogP contribution in [-0.2, 0) is 19.2 Å². The van der Waals surface area contributed by atoms with Gasteiger partial charge in [0.05, 0.1) is 12.6 Å². The molecule has 4 atom stereocenters. The maximum absolute atomic E-state index is 12.3. The normalized spacial score (nSPS) is 15.0. The van der Waals surface area contributed by atoms with Crippen LogP contribution in [0.25, 0.3) is 0 Å². The van der Waals surface area contributed by atoms with E-state index in [-0.39, 0.29) is 11.5 Å². The fraction of sp³-hybridized carbons (Fsp3) is 0.733. The molecule has 11 nitrogen and oxygen atoms in total. The average Bonchev–Trinajstić information content (AvgIpc) is 2.67. The first-order valence-corrected chi connectivity index (χ1v) is 9.90. The van der Waals surface area contributed by atoms with Gasteiger partial charge in [-0.1, -0.05) is 6.42 Å². The summed E-state index contributed by atoms with van der Waals surface area (Å²) < 4.78 is 0. The molecule has 0 fully saturated rings.